The number of hydrogen-bond donors (Lipinski definition) is 1. The monoisotopic (exact) mass is 379 g/mol. The quantitative estimate of drug-likeness (QED) is 0.799. The van der Waals surface area contributed by atoms with Crippen molar-refractivity contribution in [3.05, 3.63) is 56.4 Å². The van der Waals surface area contributed by atoms with Crippen LogP contribution in [0.15, 0.2) is 37.8 Å². The van der Waals surface area contributed by atoms with Crippen molar-refractivity contribution in [3.8, 4) is 0 Å². The van der Waals surface area contributed by atoms with Crippen molar-refractivity contribution in [1.82, 2.24) is 5.32 Å². The molecule has 2 rings (SSSR count). The van der Waals surface area contributed by atoms with Gasteiger partial charge in [0, 0.05) is 5.56 Å². The number of furan rings is 1. The Hall–Kier alpha value is -0.720. The fourth-order valence-corrected chi connectivity index (χ4v) is 2.38. The molecule has 6 heteroatoms. The van der Waals surface area contributed by atoms with Crippen molar-refractivity contribution in [2.45, 2.75) is 6.04 Å². The summed E-state index contributed by atoms with van der Waals surface area (Å²) in [5.41, 5.74) is -0.0753. The van der Waals surface area contributed by atoms with Gasteiger partial charge < -0.3 is 9.73 Å². The first-order chi connectivity index (χ1) is 8.54. The second-order valence-corrected chi connectivity index (χ2v) is 5.26. The van der Waals surface area contributed by atoms with Gasteiger partial charge in [0.25, 0.3) is 0 Å². The largest absolute Gasteiger partial charge is 0.452 e. The van der Waals surface area contributed by atoms with Crippen LogP contribution < -0.4 is 5.32 Å². The third kappa shape index (κ3) is 2.50. The van der Waals surface area contributed by atoms with Gasteiger partial charge in [-0.3, -0.25) is 0 Å². The second-order valence-electron chi connectivity index (χ2n) is 3.62. The van der Waals surface area contributed by atoms with E-state index < -0.39 is 17.7 Å². The summed E-state index contributed by atoms with van der Waals surface area (Å²) in [5.74, 6) is -0.829. The standard InChI is InChI=1S/C12H9Br2F2NO/c1-17-12(8-4-5-9(14)18-8)10-7(15)3-2-6(13)11(10)16/h2-5,12,17H,1H3. The van der Waals surface area contributed by atoms with Gasteiger partial charge in [0.2, 0.25) is 0 Å². The second kappa shape index (κ2) is 5.50. The molecule has 18 heavy (non-hydrogen) atoms. The average Bonchev–Trinajstić information content (AvgIpc) is 2.76. The molecule has 0 aliphatic rings. The molecule has 0 spiro atoms. The fraction of sp³-hybridized carbons (Fsp3) is 0.167. The highest BCUT2D eigenvalue weighted by Crippen LogP contribution is 2.32. The van der Waals surface area contributed by atoms with Crippen LogP contribution in [0.4, 0.5) is 8.78 Å². The molecule has 0 saturated carbocycles. The smallest absolute Gasteiger partial charge is 0.169 e. The van der Waals surface area contributed by atoms with Crippen LogP contribution in [0.3, 0.4) is 0 Å². The Bertz CT molecular complexity index is 571. The molecule has 0 bridgehead atoms. The first-order valence-corrected chi connectivity index (χ1v) is 6.69. The highest BCUT2D eigenvalue weighted by Gasteiger charge is 2.24. The van der Waals surface area contributed by atoms with Gasteiger partial charge in [-0.1, -0.05) is 0 Å². The molecule has 1 unspecified atom stereocenters. The summed E-state index contributed by atoms with van der Waals surface area (Å²) in [5, 5.41) is 2.84. The molecule has 0 saturated heterocycles. The van der Waals surface area contributed by atoms with Crippen molar-refractivity contribution in [2.24, 2.45) is 0 Å². The third-order valence-corrected chi connectivity index (χ3v) is 3.57. The van der Waals surface area contributed by atoms with Crippen molar-refractivity contribution in [2.75, 3.05) is 7.05 Å². The van der Waals surface area contributed by atoms with Gasteiger partial charge in [-0.15, -0.1) is 0 Å². The Morgan fingerprint density at radius 3 is 2.44 bits per heavy atom. The number of nitrogens with one attached hydrogen (secondary N) is 1. The number of hydrogen-bond acceptors (Lipinski definition) is 2. The normalized spacial score (nSPS) is 12.7. The van der Waals surface area contributed by atoms with Crippen molar-refractivity contribution >= 4 is 31.9 Å². The van der Waals surface area contributed by atoms with E-state index >= 15 is 0 Å². The maximum absolute atomic E-state index is 14.0. The van der Waals surface area contributed by atoms with E-state index in [0.29, 0.717) is 10.4 Å². The summed E-state index contributed by atoms with van der Waals surface area (Å²) < 4.78 is 33.9. The van der Waals surface area contributed by atoms with Crippen molar-refractivity contribution in [1.29, 1.82) is 0 Å². The predicted molar refractivity (Wildman–Crippen MR) is 71.4 cm³/mol. The Morgan fingerprint density at radius 2 is 1.89 bits per heavy atom. The van der Waals surface area contributed by atoms with Gasteiger partial charge in [-0.05, 0) is 63.2 Å². The third-order valence-electron chi connectivity index (χ3n) is 2.54. The van der Waals surface area contributed by atoms with Crippen molar-refractivity contribution in [3.63, 3.8) is 0 Å². The van der Waals surface area contributed by atoms with E-state index in [1.807, 2.05) is 0 Å². The molecule has 0 amide bonds. The molecule has 2 aromatic rings. The lowest BCUT2D eigenvalue weighted by Gasteiger charge is -2.16. The summed E-state index contributed by atoms with van der Waals surface area (Å²) in [6, 6.07) is 5.19. The molecule has 1 atom stereocenters. The van der Waals surface area contributed by atoms with Gasteiger partial charge >= 0.3 is 0 Å². The van der Waals surface area contributed by atoms with Gasteiger partial charge in [0.1, 0.15) is 17.4 Å². The van der Waals surface area contributed by atoms with Crippen LogP contribution in [0.5, 0.6) is 0 Å². The van der Waals surface area contributed by atoms with Gasteiger partial charge in [0.05, 0.1) is 10.5 Å². The van der Waals surface area contributed by atoms with Crippen LogP contribution in [0.1, 0.15) is 17.4 Å². The molecular formula is C12H9Br2F2NO. The van der Waals surface area contributed by atoms with Crippen LogP contribution in [-0.4, -0.2) is 7.05 Å². The highest BCUT2D eigenvalue weighted by atomic mass is 79.9. The lowest BCUT2D eigenvalue weighted by atomic mass is 10.0. The minimum Gasteiger partial charge on any atom is -0.452 e. The Labute approximate surface area is 120 Å². The summed E-state index contributed by atoms with van der Waals surface area (Å²) in [6.07, 6.45) is 0. The van der Waals surface area contributed by atoms with E-state index in [1.54, 1.807) is 19.2 Å². The molecule has 0 aliphatic carbocycles. The van der Waals surface area contributed by atoms with Gasteiger partial charge in [-0.25, -0.2) is 8.78 Å². The molecule has 0 radical (unpaired) electrons. The Morgan fingerprint density at radius 1 is 1.17 bits per heavy atom. The van der Waals surface area contributed by atoms with Crippen LogP contribution in [0, 0.1) is 11.6 Å². The van der Waals surface area contributed by atoms with E-state index in [4.69, 9.17) is 4.42 Å². The zero-order chi connectivity index (χ0) is 13.3. The van der Waals surface area contributed by atoms with Gasteiger partial charge in [0.15, 0.2) is 4.67 Å². The van der Waals surface area contributed by atoms with Gasteiger partial charge in [-0.2, -0.15) is 0 Å². The van der Waals surface area contributed by atoms with E-state index in [-0.39, 0.29) is 10.0 Å². The lowest BCUT2D eigenvalue weighted by molar-refractivity contribution is 0.425. The molecule has 0 aliphatic heterocycles. The minimum atomic E-state index is -0.686. The average molecular weight is 381 g/mol. The summed E-state index contributed by atoms with van der Waals surface area (Å²) in [7, 11) is 1.61. The highest BCUT2D eigenvalue weighted by molar-refractivity contribution is 9.10. The molecule has 1 N–H and O–H groups in total. The Balaban J connectivity index is 2.55. The van der Waals surface area contributed by atoms with E-state index in [2.05, 4.69) is 37.2 Å². The molecule has 0 fully saturated rings. The van der Waals surface area contributed by atoms with Crippen LogP contribution in [0.25, 0.3) is 0 Å². The fourth-order valence-electron chi connectivity index (χ4n) is 1.72. The number of benzene rings is 1. The molecule has 1 aromatic carbocycles. The van der Waals surface area contributed by atoms with E-state index in [0.717, 1.165) is 0 Å². The zero-order valence-corrected chi connectivity index (χ0v) is 12.5. The molecule has 2 nitrogen and oxygen atoms in total. The zero-order valence-electron chi connectivity index (χ0n) is 9.31. The maximum atomic E-state index is 14.0. The summed E-state index contributed by atoms with van der Waals surface area (Å²) in [6.45, 7) is 0. The first kappa shape index (κ1) is 13.7. The SMILES string of the molecule is CNC(c1ccc(Br)o1)c1c(F)ccc(Br)c1F. The molecule has 1 heterocycles. The molecule has 1 aromatic heterocycles. The van der Waals surface area contributed by atoms with Crippen molar-refractivity contribution < 1.29 is 13.2 Å². The lowest BCUT2D eigenvalue weighted by Crippen LogP contribution is -2.20. The number of halogens is 4. The van der Waals surface area contributed by atoms with Crippen LogP contribution in [0.2, 0.25) is 0 Å². The maximum Gasteiger partial charge on any atom is 0.169 e. The molecule has 96 valence electrons. The van der Waals surface area contributed by atoms with Crippen LogP contribution in [-0.2, 0) is 0 Å². The van der Waals surface area contributed by atoms with Crippen LogP contribution >= 0.6 is 31.9 Å². The number of rotatable bonds is 3. The first-order valence-electron chi connectivity index (χ1n) is 5.10. The van der Waals surface area contributed by atoms with E-state index in [9.17, 15) is 8.78 Å². The minimum absolute atomic E-state index is 0.0753. The molecular weight excluding hydrogens is 372 g/mol. The predicted octanol–water partition coefficient (Wildman–Crippen LogP) is 4.39. The summed E-state index contributed by atoms with van der Waals surface area (Å²) >= 11 is 6.21. The topological polar surface area (TPSA) is 25.2 Å². The van der Waals surface area contributed by atoms with E-state index in [1.165, 1.54) is 12.1 Å². The summed E-state index contributed by atoms with van der Waals surface area (Å²) in [4.78, 5) is 0. The Kier molecular flexibility index (Phi) is 4.19.